The Balaban J connectivity index is 2.80. The average Bonchev–Trinajstić information content (AvgIpc) is 2.26. The molecule has 3 atom stereocenters. The first-order valence-corrected chi connectivity index (χ1v) is 7.64. The van der Waals surface area contributed by atoms with Crippen LogP contribution in [-0.4, -0.2) is 42.9 Å². The van der Waals surface area contributed by atoms with Crippen molar-refractivity contribution in [1.29, 1.82) is 0 Å². The molecule has 19 heavy (non-hydrogen) atoms. The molecule has 108 valence electrons. The van der Waals surface area contributed by atoms with Gasteiger partial charge in [0.2, 0.25) is 0 Å². The number of aliphatic carboxylic acids is 1. The Morgan fingerprint density at radius 2 is 2.00 bits per heavy atom. The number of piperidine rings is 1. The zero-order valence-electron chi connectivity index (χ0n) is 11.2. The number of carbonyl (C=O) groups is 1. The highest BCUT2D eigenvalue weighted by Gasteiger charge is 2.33. The number of hydrogen-bond acceptors (Lipinski definition) is 3. The quantitative estimate of drug-likeness (QED) is 0.711. The van der Waals surface area contributed by atoms with Crippen LogP contribution in [0.3, 0.4) is 0 Å². The van der Waals surface area contributed by atoms with E-state index in [1.807, 2.05) is 13.8 Å². The Morgan fingerprint density at radius 3 is 2.42 bits per heavy atom. The summed E-state index contributed by atoms with van der Waals surface area (Å²) >= 11 is 0. The highest BCUT2D eigenvalue weighted by Crippen LogP contribution is 2.22. The summed E-state index contributed by atoms with van der Waals surface area (Å²) < 4.78 is 27.8. The molecule has 0 saturated carbocycles. The van der Waals surface area contributed by atoms with Crippen molar-refractivity contribution in [1.82, 2.24) is 9.03 Å². The van der Waals surface area contributed by atoms with Gasteiger partial charge in [0.25, 0.3) is 10.2 Å². The largest absolute Gasteiger partial charge is 0.480 e. The van der Waals surface area contributed by atoms with Crippen molar-refractivity contribution >= 4 is 16.2 Å². The third-order valence-corrected chi connectivity index (χ3v) is 4.65. The van der Waals surface area contributed by atoms with E-state index in [2.05, 4.69) is 10.6 Å². The summed E-state index contributed by atoms with van der Waals surface area (Å²) in [7, 11) is -3.81. The second kappa shape index (κ2) is 6.37. The van der Waals surface area contributed by atoms with E-state index in [0.717, 1.165) is 6.42 Å². The maximum Gasteiger partial charge on any atom is 0.322 e. The fraction of sp³-hybridized carbons (Fsp3) is 0.750. The molecule has 1 rings (SSSR count). The minimum Gasteiger partial charge on any atom is -0.480 e. The molecule has 0 amide bonds. The number of hydrogen-bond donors (Lipinski definition) is 2. The number of carboxylic acid groups (broad SMARTS) is 1. The molecule has 0 radical (unpaired) electrons. The standard InChI is InChI=1S/C12H20N2O4S/c1-4-5-11(12(15)16)13-19(17,18)14-7-9(2)6-10(3)8-14/h1,9-11,13H,5-8H2,2-3H3,(H,15,16). The smallest absolute Gasteiger partial charge is 0.322 e. The average molecular weight is 288 g/mol. The van der Waals surface area contributed by atoms with Gasteiger partial charge >= 0.3 is 5.97 Å². The van der Waals surface area contributed by atoms with Gasteiger partial charge in [-0.05, 0) is 18.3 Å². The van der Waals surface area contributed by atoms with Crippen molar-refractivity contribution in [2.75, 3.05) is 13.1 Å². The van der Waals surface area contributed by atoms with Gasteiger partial charge in [0.15, 0.2) is 0 Å². The van der Waals surface area contributed by atoms with Crippen LogP contribution in [0.15, 0.2) is 0 Å². The zero-order valence-corrected chi connectivity index (χ0v) is 12.0. The van der Waals surface area contributed by atoms with Crippen molar-refractivity contribution in [3.05, 3.63) is 0 Å². The molecule has 1 heterocycles. The van der Waals surface area contributed by atoms with E-state index in [0.29, 0.717) is 13.1 Å². The highest BCUT2D eigenvalue weighted by molar-refractivity contribution is 7.87. The lowest BCUT2D eigenvalue weighted by Gasteiger charge is -2.34. The van der Waals surface area contributed by atoms with Crippen LogP contribution in [0.4, 0.5) is 0 Å². The first-order chi connectivity index (χ1) is 8.76. The van der Waals surface area contributed by atoms with Gasteiger partial charge in [-0.3, -0.25) is 4.79 Å². The van der Waals surface area contributed by atoms with E-state index in [1.54, 1.807) is 0 Å². The Labute approximate surface area is 114 Å². The van der Waals surface area contributed by atoms with Crippen molar-refractivity contribution in [3.63, 3.8) is 0 Å². The van der Waals surface area contributed by atoms with Crippen LogP contribution in [0, 0.1) is 24.2 Å². The topological polar surface area (TPSA) is 86.7 Å². The number of rotatable bonds is 5. The van der Waals surface area contributed by atoms with Crippen molar-refractivity contribution in [2.45, 2.75) is 32.7 Å². The lowest BCUT2D eigenvalue weighted by molar-refractivity contribution is -0.138. The molecule has 1 aliphatic rings. The molecule has 0 aromatic rings. The predicted molar refractivity (Wildman–Crippen MR) is 71.4 cm³/mol. The van der Waals surface area contributed by atoms with Crippen LogP contribution in [0.2, 0.25) is 0 Å². The molecule has 1 saturated heterocycles. The summed E-state index contributed by atoms with van der Waals surface area (Å²) in [5.41, 5.74) is 0. The number of nitrogens with one attached hydrogen (secondary N) is 1. The summed E-state index contributed by atoms with van der Waals surface area (Å²) in [6.45, 7) is 4.77. The minimum absolute atomic E-state index is 0.173. The van der Waals surface area contributed by atoms with Crippen LogP contribution in [0.1, 0.15) is 26.7 Å². The maximum atomic E-state index is 12.1. The third-order valence-electron chi connectivity index (χ3n) is 3.09. The summed E-state index contributed by atoms with van der Waals surface area (Å²) in [4.78, 5) is 10.9. The predicted octanol–water partition coefficient (Wildman–Crippen LogP) is 0.275. The van der Waals surface area contributed by atoms with Crippen LogP contribution in [0.5, 0.6) is 0 Å². The zero-order chi connectivity index (χ0) is 14.6. The summed E-state index contributed by atoms with van der Waals surface area (Å²) in [6.07, 6.45) is 5.84. The molecule has 0 aliphatic carbocycles. The van der Waals surface area contributed by atoms with Crippen LogP contribution < -0.4 is 4.72 Å². The van der Waals surface area contributed by atoms with E-state index in [4.69, 9.17) is 11.5 Å². The molecule has 0 aromatic carbocycles. The molecule has 7 heteroatoms. The number of carboxylic acids is 1. The Bertz CT molecular complexity index is 459. The van der Waals surface area contributed by atoms with Gasteiger partial charge in [0.1, 0.15) is 6.04 Å². The summed E-state index contributed by atoms with van der Waals surface area (Å²) in [5, 5.41) is 8.93. The van der Waals surface area contributed by atoms with Crippen molar-refractivity contribution in [3.8, 4) is 12.3 Å². The second-order valence-corrected chi connectivity index (χ2v) is 6.89. The normalized spacial score (nSPS) is 26.6. The molecule has 1 aliphatic heterocycles. The van der Waals surface area contributed by atoms with Gasteiger partial charge in [-0.1, -0.05) is 13.8 Å². The maximum absolute atomic E-state index is 12.1. The molecular formula is C12H20N2O4S. The van der Waals surface area contributed by atoms with Gasteiger partial charge in [0.05, 0.1) is 0 Å². The fourth-order valence-electron chi connectivity index (χ4n) is 2.35. The van der Waals surface area contributed by atoms with Crippen molar-refractivity contribution in [2.24, 2.45) is 11.8 Å². The molecule has 0 spiro atoms. The molecular weight excluding hydrogens is 268 g/mol. The van der Waals surface area contributed by atoms with Gasteiger partial charge in [0, 0.05) is 19.5 Å². The minimum atomic E-state index is -3.81. The van der Waals surface area contributed by atoms with Gasteiger partial charge in [-0.2, -0.15) is 17.4 Å². The number of terminal acetylenes is 1. The SMILES string of the molecule is C#CCC(NS(=O)(=O)N1CC(C)CC(C)C1)C(=O)O. The lowest BCUT2D eigenvalue weighted by Crippen LogP contribution is -2.52. The lowest BCUT2D eigenvalue weighted by atomic mass is 9.94. The fourth-order valence-corrected chi connectivity index (χ4v) is 3.95. The molecule has 2 N–H and O–H groups in total. The van der Waals surface area contributed by atoms with E-state index in [9.17, 15) is 13.2 Å². The van der Waals surface area contributed by atoms with Crippen LogP contribution in [0.25, 0.3) is 0 Å². The molecule has 0 aromatic heterocycles. The molecule has 1 fully saturated rings. The van der Waals surface area contributed by atoms with Gasteiger partial charge < -0.3 is 5.11 Å². The monoisotopic (exact) mass is 288 g/mol. The van der Waals surface area contributed by atoms with E-state index in [-0.39, 0.29) is 18.3 Å². The van der Waals surface area contributed by atoms with Crippen LogP contribution in [-0.2, 0) is 15.0 Å². The van der Waals surface area contributed by atoms with Gasteiger partial charge in [-0.15, -0.1) is 12.3 Å². The Morgan fingerprint density at radius 1 is 1.47 bits per heavy atom. The van der Waals surface area contributed by atoms with E-state index < -0.39 is 22.2 Å². The van der Waals surface area contributed by atoms with Crippen molar-refractivity contribution < 1.29 is 18.3 Å². The first kappa shape index (κ1) is 16.0. The number of nitrogens with zero attached hydrogens (tertiary/aromatic N) is 1. The van der Waals surface area contributed by atoms with Gasteiger partial charge in [-0.25, -0.2) is 0 Å². The summed E-state index contributed by atoms with van der Waals surface area (Å²) in [5.74, 6) is 1.42. The third kappa shape index (κ3) is 4.49. The van der Waals surface area contributed by atoms with E-state index >= 15 is 0 Å². The molecule has 6 nitrogen and oxygen atoms in total. The van der Waals surface area contributed by atoms with E-state index in [1.165, 1.54) is 4.31 Å². The molecule has 0 bridgehead atoms. The Hall–Kier alpha value is -1.10. The molecule has 3 unspecified atom stereocenters. The second-order valence-electron chi connectivity index (χ2n) is 5.18. The Kier molecular flexibility index (Phi) is 5.35. The first-order valence-electron chi connectivity index (χ1n) is 6.20. The highest BCUT2D eigenvalue weighted by atomic mass is 32.2. The summed E-state index contributed by atoms with van der Waals surface area (Å²) in [6, 6.07) is -1.28. The van der Waals surface area contributed by atoms with Crippen LogP contribution >= 0.6 is 0 Å².